The summed E-state index contributed by atoms with van der Waals surface area (Å²) in [7, 11) is 0. The van der Waals surface area contributed by atoms with Crippen LogP contribution in [0.5, 0.6) is 0 Å². The molecule has 0 bridgehead atoms. The molecule has 124 valence electrons. The number of pyridine rings is 1. The number of amides is 1. The fraction of sp³-hybridized carbons (Fsp3) is 0.0556. The number of hydrogen-bond acceptors (Lipinski definition) is 4. The second-order valence-corrected chi connectivity index (χ2v) is 6.52. The van der Waals surface area contributed by atoms with Gasteiger partial charge in [-0.25, -0.2) is 9.07 Å². The molecule has 1 N–H and O–H groups in total. The van der Waals surface area contributed by atoms with Crippen LogP contribution in [0.3, 0.4) is 0 Å². The number of aryl methyl sites for hydroxylation is 1. The molecule has 25 heavy (non-hydrogen) atoms. The number of carbonyl (C=O) groups excluding carboxylic acids is 1. The average molecular weight is 352 g/mol. The van der Waals surface area contributed by atoms with E-state index in [0.29, 0.717) is 10.6 Å². The number of aromatic nitrogens is 3. The third-order valence-corrected chi connectivity index (χ3v) is 4.89. The second kappa shape index (κ2) is 6.10. The van der Waals surface area contributed by atoms with Crippen LogP contribution in [0.1, 0.15) is 15.4 Å². The highest BCUT2D eigenvalue weighted by Crippen LogP contribution is 2.30. The van der Waals surface area contributed by atoms with Gasteiger partial charge in [-0.2, -0.15) is 5.10 Å². The lowest BCUT2D eigenvalue weighted by Crippen LogP contribution is -2.10. The van der Waals surface area contributed by atoms with Crippen LogP contribution in [-0.4, -0.2) is 20.7 Å². The van der Waals surface area contributed by atoms with E-state index in [1.165, 1.54) is 23.5 Å². The maximum Gasteiger partial charge on any atom is 0.265 e. The van der Waals surface area contributed by atoms with Crippen molar-refractivity contribution in [1.29, 1.82) is 0 Å². The van der Waals surface area contributed by atoms with Gasteiger partial charge in [0.2, 0.25) is 0 Å². The number of nitrogens with zero attached hydrogens (tertiary/aromatic N) is 3. The van der Waals surface area contributed by atoms with Gasteiger partial charge >= 0.3 is 0 Å². The number of rotatable bonds is 3. The summed E-state index contributed by atoms with van der Waals surface area (Å²) in [6.07, 6.45) is 3.24. The molecule has 0 aliphatic carbocycles. The fourth-order valence-corrected chi connectivity index (χ4v) is 3.62. The van der Waals surface area contributed by atoms with Gasteiger partial charge in [0.25, 0.3) is 5.91 Å². The van der Waals surface area contributed by atoms with Gasteiger partial charge in [0, 0.05) is 23.5 Å². The van der Waals surface area contributed by atoms with Crippen LogP contribution >= 0.6 is 11.3 Å². The third-order valence-electron chi connectivity index (χ3n) is 3.78. The van der Waals surface area contributed by atoms with Crippen LogP contribution in [0, 0.1) is 12.7 Å². The Morgan fingerprint density at radius 2 is 1.88 bits per heavy atom. The largest absolute Gasteiger partial charge is 0.321 e. The molecular formula is C18H13FN4OS. The normalized spacial score (nSPS) is 11.0. The lowest BCUT2D eigenvalue weighted by molar-refractivity contribution is 0.103. The monoisotopic (exact) mass is 352 g/mol. The topological polar surface area (TPSA) is 59.8 Å². The minimum atomic E-state index is -0.299. The van der Waals surface area contributed by atoms with E-state index in [1.54, 1.807) is 41.3 Å². The Morgan fingerprint density at radius 3 is 2.60 bits per heavy atom. The molecule has 0 aliphatic heterocycles. The summed E-state index contributed by atoms with van der Waals surface area (Å²) in [5.41, 5.74) is 2.26. The molecule has 4 rings (SSSR count). The Morgan fingerprint density at radius 1 is 1.16 bits per heavy atom. The lowest BCUT2D eigenvalue weighted by Gasteiger charge is -2.03. The van der Waals surface area contributed by atoms with Crippen molar-refractivity contribution in [2.75, 3.05) is 5.32 Å². The van der Waals surface area contributed by atoms with Gasteiger partial charge in [0.05, 0.1) is 16.3 Å². The maximum absolute atomic E-state index is 13.2. The molecule has 0 atom stereocenters. The molecule has 3 heterocycles. The van der Waals surface area contributed by atoms with Crippen LogP contribution in [0.4, 0.5) is 10.1 Å². The Bertz CT molecular complexity index is 1050. The minimum Gasteiger partial charge on any atom is -0.321 e. The standard InChI is InChI=1S/C18H13FN4OS/c1-11-15-10-16(17(24)21-13-6-8-20-9-7-13)25-18(15)23(22-11)14-4-2-12(19)3-5-14/h2-10H,1H3,(H,20,21,24). The number of benzene rings is 1. The smallest absolute Gasteiger partial charge is 0.265 e. The summed E-state index contributed by atoms with van der Waals surface area (Å²) >= 11 is 1.35. The van der Waals surface area contributed by atoms with Crippen LogP contribution in [-0.2, 0) is 0 Å². The van der Waals surface area contributed by atoms with E-state index < -0.39 is 0 Å². The van der Waals surface area contributed by atoms with E-state index in [-0.39, 0.29) is 11.7 Å². The van der Waals surface area contributed by atoms with E-state index in [9.17, 15) is 9.18 Å². The van der Waals surface area contributed by atoms with Crippen LogP contribution < -0.4 is 5.32 Å². The van der Waals surface area contributed by atoms with Gasteiger partial charge in [0.1, 0.15) is 10.6 Å². The Balaban J connectivity index is 1.72. The average Bonchev–Trinajstić information content (AvgIpc) is 3.18. The number of anilines is 1. The van der Waals surface area contributed by atoms with Crippen molar-refractivity contribution in [3.05, 3.63) is 71.2 Å². The first-order valence-corrected chi connectivity index (χ1v) is 8.40. The first kappa shape index (κ1) is 15.5. The molecule has 0 fully saturated rings. The van der Waals surface area contributed by atoms with E-state index in [4.69, 9.17) is 0 Å². The molecular weight excluding hydrogens is 339 g/mol. The molecule has 0 spiro atoms. The van der Waals surface area contributed by atoms with Crippen molar-refractivity contribution in [3.63, 3.8) is 0 Å². The van der Waals surface area contributed by atoms with Crippen LogP contribution in [0.15, 0.2) is 54.9 Å². The molecule has 0 aliphatic rings. The number of fused-ring (bicyclic) bond motifs is 1. The summed E-state index contributed by atoms with van der Waals surface area (Å²) in [4.78, 5) is 17.9. The molecule has 4 aromatic rings. The Labute approximate surface area is 146 Å². The number of thiophene rings is 1. The first-order chi connectivity index (χ1) is 12.1. The summed E-state index contributed by atoms with van der Waals surface area (Å²) in [6, 6.07) is 11.4. The summed E-state index contributed by atoms with van der Waals surface area (Å²) in [6.45, 7) is 1.89. The highest BCUT2D eigenvalue weighted by Gasteiger charge is 2.17. The summed E-state index contributed by atoms with van der Waals surface area (Å²) < 4.78 is 14.9. The predicted molar refractivity (Wildman–Crippen MR) is 95.8 cm³/mol. The highest BCUT2D eigenvalue weighted by molar-refractivity contribution is 7.20. The summed E-state index contributed by atoms with van der Waals surface area (Å²) in [5, 5.41) is 8.26. The number of halogens is 1. The van der Waals surface area contributed by atoms with Crippen molar-refractivity contribution in [2.45, 2.75) is 6.92 Å². The zero-order chi connectivity index (χ0) is 17.4. The molecule has 7 heteroatoms. The van der Waals surface area contributed by atoms with Crippen molar-refractivity contribution in [1.82, 2.24) is 14.8 Å². The van der Waals surface area contributed by atoms with Crippen molar-refractivity contribution < 1.29 is 9.18 Å². The minimum absolute atomic E-state index is 0.183. The Kier molecular flexibility index (Phi) is 3.77. The fourth-order valence-electron chi connectivity index (χ4n) is 2.54. The second-order valence-electron chi connectivity index (χ2n) is 5.49. The van der Waals surface area contributed by atoms with Gasteiger partial charge < -0.3 is 5.32 Å². The van der Waals surface area contributed by atoms with Crippen molar-refractivity contribution in [2.24, 2.45) is 0 Å². The molecule has 0 unspecified atom stereocenters. The quantitative estimate of drug-likeness (QED) is 0.602. The van der Waals surface area contributed by atoms with E-state index in [1.807, 2.05) is 13.0 Å². The zero-order valence-corrected chi connectivity index (χ0v) is 14.0. The molecule has 1 aromatic carbocycles. The number of nitrogens with one attached hydrogen (secondary N) is 1. The van der Waals surface area contributed by atoms with E-state index in [2.05, 4.69) is 15.4 Å². The molecule has 5 nitrogen and oxygen atoms in total. The Hall–Kier alpha value is -3.06. The molecule has 0 radical (unpaired) electrons. The van der Waals surface area contributed by atoms with Gasteiger partial charge in [-0.3, -0.25) is 9.78 Å². The van der Waals surface area contributed by atoms with Gasteiger partial charge in [-0.05, 0) is 49.4 Å². The third kappa shape index (κ3) is 2.89. The summed E-state index contributed by atoms with van der Waals surface area (Å²) in [5.74, 6) is -0.482. The van der Waals surface area contributed by atoms with E-state index in [0.717, 1.165) is 21.6 Å². The number of carbonyl (C=O) groups is 1. The maximum atomic E-state index is 13.2. The lowest BCUT2D eigenvalue weighted by atomic mass is 10.3. The predicted octanol–water partition coefficient (Wildman–Crippen LogP) is 4.18. The van der Waals surface area contributed by atoms with Crippen LogP contribution in [0.25, 0.3) is 15.9 Å². The molecule has 1 amide bonds. The van der Waals surface area contributed by atoms with Gasteiger partial charge in [-0.1, -0.05) is 0 Å². The zero-order valence-electron chi connectivity index (χ0n) is 13.2. The molecule has 0 saturated heterocycles. The SMILES string of the molecule is Cc1nn(-c2ccc(F)cc2)c2sc(C(=O)Nc3ccncc3)cc12. The van der Waals surface area contributed by atoms with Gasteiger partial charge in [0.15, 0.2) is 0 Å². The van der Waals surface area contributed by atoms with Crippen molar-refractivity contribution >= 4 is 33.1 Å². The first-order valence-electron chi connectivity index (χ1n) is 7.58. The van der Waals surface area contributed by atoms with E-state index >= 15 is 0 Å². The number of hydrogen-bond donors (Lipinski definition) is 1. The highest BCUT2D eigenvalue weighted by atomic mass is 32.1. The van der Waals surface area contributed by atoms with Crippen molar-refractivity contribution in [3.8, 4) is 5.69 Å². The molecule has 0 saturated carbocycles. The van der Waals surface area contributed by atoms with Crippen LogP contribution in [0.2, 0.25) is 0 Å². The molecule has 3 aromatic heterocycles. The van der Waals surface area contributed by atoms with Gasteiger partial charge in [-0.15, -0.1) is 11.3 Å².